The summed E-state index contributed by atoms with van der Waals surface area (Å²) in [6.45, 7) is 6.67. The number of carbonyl (C=O) groups excluding carboxylic acids is 2. The summed E-state index contributed by atoms with van der Waals surface area (Å²) in [4.78, 5) is 23.8. The van der Waals surface area contributed by atoms with Crippen molar-refractivity contribution < 1.29 is 9.59 Å². The van der Waals surface area contributed by atoms with Gasteiger partial charge in [0.15, 0.2) is 0 Å². The molecule has 0 unspecified atom stereocenters. The summed E-state index contributed by atoms with van der Waals surface area (Å²) in [7, 11) is 3.50. The summed E-state index contributed by atoms with van der Waals surface area (Å²) in [5.41, 5.74) is 5.81. The summed E-state index contributed by atoms with van der Waals surface area (Å²) in [6.07, 6.45) is 31.2. The Morgan fingerprint density at radius 2 is 1.25 bits per heavy atom. The maximum Gasteiger partial charge on any atom is 0.237 e. The Balaban J connectivity index is 3.52. The molecule has 0 radical (unpaired) electrons. The summed E-state index contributed by atoms with van der Waals surface area (Å²) < 4.78 is 0. The van der Waals surface area contributed by atoms with Crippen LogP contribution in [0, 0.1) is 5.92 Å². The fraction of sp³-hybridized carbons (Fsp3) is 0.600. The van der Waals surface area contributed by atoms with Gasteiger partial charge in [0, 0.05) is 30.9 Å². The molecule has 0 rings (SSSR count). The maximum absolute atomic E-state index is 12.0. The third-order valence-corrected chi connectivity index (χ3v) is 7.75. The minimum atomic E-state index is -0.436. The number of Topliss-reactive ketones (excluding diaryl/α,β-unsaturated/α-hetero) is 1. The van der Waals surface area contributed by atoms with E-state index in [9.17, 15) is 9.59 Å². The zero-order chi connectivity index (χ0) is 26.7. The number of amides is 1. The van der Waals surface area contributed by atoms with E-state index in [1.54, 1.807) is 21.6 Å². The van der Waals surface area contributed by atoms with Crippen molar-refractivity contribution in [2.45, 2.75) is 91.0 Å². The molecule has 1 atom stereocenters. The van der Waals surface area contributed by atoms with E-state index in [1.165, 1.54) is 0 Å². The van der Waals surface area contributed by atoms with Gasteiger partial charge in [-0.2, -0.15) is 0 Å². The lowest BCUT2D eigenvalue weighted by Gasteiger charge is -2.14. The lowest BCUT2D eigenvalue weighted by molar-refractivity contribution is -0.123. The summed E-state index contributed by atoms with van der Waals surface area (Å²) in [5.74, 6) is 2.25. The topological polar surface area (TPSA) is 72.2 Å². The second kappa shape index (κ2) is 26.6. The molecular weight excluding hydrogens is 484 g/mol. The number of nitrogens with one attached hydrogen (secondary N) is 1. The molecule has 4 nitrogen and oxygen atoms in total. The smallest absolute Gasteiger partial charge is 0.237 e. The van der Waals surface area contributed by atoms with Crippen molar-refractivity contribution in [2.24, 2.45) is 11.7 Å². The molecule has 0 heterocycles. The van der Waals surface area contributed by atoms with Crippen molar-refractivity contribution >= 4 is 33.3 Å². The Kier molecular flexibility index (Phi) is 25.5. The summed E-state index contributed by atoms with van der Waals surface area (Å²) in [5, 5.41) is 2.87. The van der Waals surface area contributed by atoms with Crippen LogP contribution in [0.3, 0.4) is 0 Å². The summed E-state index contributed by atoms with van der Waals surface area (Å²) in [6, 6.07) is -0.436. The number of rotatable bonds is 23. The number of unbranched alkanes of at least 4 members (excludes halogenated alkanes) is 1. The van der Waals surface area contributed by atoms with Gasteiger partial charge in [-0.3, -0.25) is 9.59 Å². The van der Waals surface area contributed by atoms with Gasteiger partial charge in [-0.15, -0.1) is 0 Å². The van der Waals surface area contributed by atoms with Crippen molar-refractivity contribution in [3.63, 3.8) is 0 Å². The molecule has 1 amide bonds. The van der Waals surface area contributed by atoms with E-state index in [4.69, 9.17) is 5.73 Å². The van der Waals surface area contributed by atoms with Crippen LogP contribution < -0.4 is 11.1 Å². The molecule has 3 N–H and O–H groups in total. The first-order valence-electron chi connectivity index (χ1n) is 13.5. The van der Waals surface area contributed by atoms with E-state index in [0.717, 1.165) is 62.9 Å². The zero-order valence-electron chi connectivity index (χ0n) is 22.8. The fourth-order valence-electron chi connectivity index (χ4n) is 2.99. The highest BCUT2D eigenvalue weighted by molar-refractivity contribution is 8.76. The average molecular weight is 535 g/mol. The number of hydrogen-bond donors (Lipinski definition) is 2. The van der Waals surface area contributed by atoms with Crippen molar-refractivity contribution in [1.29, 1.82) is 0 Å². The molecule has 0 aromatic heterocycles. The Labute approximate surface area is 229 Å². The van der Waals surface area contributed by atoms with E-state index < -0.39 is 6.04 Å². The van der Waals surface area contributed by atoms with Gasteiger partial charge < -0.3 is 11.1 Å². The lowest BCUT2D eigenvalue weighted by Crippen LogP contribution is -2.44. The van der Waals surface area contributed by atoms with Crippen LogP contribution in [0.4, 0.5) is 0 Å². The van der Waals surface area contributed by atoms with E-state index in [0.29, 0.717) is 25.2 Å². The molecule has 0 aliphatic heterocycles. The highest BCUT2D eigenvalue weighted by Gasteiger charge is 2.16. The molecule has 0 fully saturated rings. The second-order valence-corrected chi connectivity index (χ2v) is 11.6. The molecule has 0 aliphatic carbocycles. The Hall–Kier alpha value is -1.50. The first-order chi connectivity index (χ1) is 17.5. The molecule has 0 aromatic rings. The normalized spacial score (nSPS) is 13.4. The van der Waals surface area contributed by atoms with Crippen molar-refractivity contribution in [3.05, 3.63) is 60.8 Å². The predicted octanol–water partition coefficient (Wildman–Crippen LogP) is 7.74. The first kappa shape index (κ1) is 34.5. The van der Waals surface area contributed by atoms with Crippen LogP contribution in [0.25, 0.3) is 0 Å². The van der Waals surface area contributed by atoms with E-state index in [2.05, 4.69) is 73.0 Å². The van der Waals surface area contributed by atoms with E-state index >= 15 is 0 Å². The molecule has 6 heteroatoms. The van der Waals surface area contributed by atoms with Gasteiger partial charge in [-0.1, -0.05) is 103 Å². The number of ketones is 1. The van der Waals surface area contributed by atoms with Crippen LogP contribution in [0.2, 0.25) is 0 Å². The van der Waals surface area contributed by atoms with Crippen molar-refractivity contribution in [1.82, 2.24) is 5.32 Å². The van der Waals surface area contributed by atoms with Gasteiger partial charge in [-0.05, 0) is 57.3 Å². The van der Waals surface area contributed by atoms with Crippen LogP contribution in [-0.2, 0) is 9.59 Å². The molecular formula is C30H50N2O2S2. The predicted molar refractivity (Wildman–Crippen MR) is 163 cm³/mol. The molecule has 36 heavy (non-hydrogen) atoms. The van der Waals surface area contributed by atoms with Gasteiger partial charge in [0.25, 0.3) is 0 Å². The molecule has 0 aliphatic rings. The third-order valence-electron chi connectivity index (χ3n) is 5.26. The Morgan fingerprint density at radius 1 is 0.750 bits per heavy atom. The number of nitrogens with two attached hydrogens (primary N) is 1. The highest BCUT2D eigenvalue weighted by atomic mass is 33.1. The Morgan fingerprint density at radius 3 is 1.81 bits per heavy atom. The van der Waals surface area contributed by atoms with Gasteiger partial charge in [-0.25, -0.2) is 0 Å². The number of carbonyl (C=O) groups is 2. The summed E-state index contributed by atoms with van der Waals surface area (Å²) >= 11 is 0. The zero-order valence-corrected chi connectivity index (χ0v) is 24.5. The molecule has 0 saturated carbocycles. The molecule has 0 saturated heterocycles. The van der Waals surface area contributed by atoms with E-state index in [1.807, 2.05) is 13.8 Å². The van der Waals surface area contributed by atoms with Crippen LogP contribution in [0.5, 0.6) is 0 Å². The molecule has 204 valence electrons. The minimum absolute atomic E-state index is 0.0780. The monoisotopic (exact) mass is 534 g/mol. The van der Waals surface area contributed by atoms with Gasteiger partial charge in [0.1, 0.15) is 5.78 Å². The number of hydrogen-bond acceptors (Lipinski definition) is 5. The fourth-order valence-corrected chi connectivity index (χ4v) is 4.99. The first-order valence-corrected chi connectivity index (χ1v) is 16.0. The second-order valence-electron chi connectivity index (χ2n) is 8.95. The van der Waals surface area contributed by atoms with E-state index in [-0.39, 0.29) is 11.8 Å². The van der Waals surface area contributed by atoms with Gasteiger partial charge >= 0.3 is 0 Å². The number of allylic oxidation sites excluding steroid dienone is 10. The molecule has 0 aromatic carbocycles. The van der Waals surface area contributed by atoms with Crippen LogP contribution in [0.15, 0.2) is 60.8 Å². The highest BCUT2D eigenvalue weighted by Crippen LogP contribution is 2.22. The van der Waals surface area contributed by atoms with Gasteiger partial charge in [0.2, 0.25) is 5.91 Å². The lowest BCUT2D eigenvalue weighted by atomic mass is 10.1. The Bertz CT molecular complexity index is 697. The van der Waals surface area contributed by atoms with Crippen molar-refractivity contribution in [2.75, 3.05) is 18.1 Å². The molecule has 0 spiro atoms. The minimum Gasteiger partial charge on any atom is -0.354 e. The average Bonchev–Trinajstić information content (AvgIpc) is 2.86. The third kappa shape index (κ3) is 24.2. The standard InChI is InChI=1S/C30H50N2O2S2/c1-4-5-6-7-8-9-10-11-12-13-14-15-16-17-18-19-20-22-28(33)23-21-25-35-36-26-24-32-30(34)29(31)27(2)3/h5-6,8-9,11-12,14-15,17-18,27,29H,4,7,10,13,16,19-26,31H2,1-3H3,(H,32,34)/b6-5-,9-8-,12-11-,15-14-,18-17-/t29-/m0/s1. The molecule has 0 bridgehead atoms. The SMILES string of the molecule is CC/C=C\C/C=C\C/C=C\C/C=C\C/C=C\CCCC(=O)CCCSSCCNC(=O)[C@@H](N)C(C)C. The van der Waals surface area contributed by atoms with Crippen molar-refractivity contribution in [3.8, 4) is 0 Å². The quantitative estimate of drug-likeness (QED) is 0.0797. The van der Waals surface area contributed by atoms with Crippen LogP contribution in [0.1, 0.15) is 85.0 Å². The van der Waals surface area contributed by atoms with Crippen LogP contribution in [-0.4, -0.2) is 35.8 Å². The van der Waals surface area contributed by atoms with Gasteiger partial charge in [0.05, 0.1) is 6.04 Å². The largest absolute Gasteiger partial charge is 0.354 e. The maximum atomic E-state index is 12.0. The van der Waals surface area contributed by atoms with Crippen LogP contribution >= 0.6 is 21.6 Å².